The van der Waals surface area contributed by atoms with Gasteiger partial charge in [0.05, 0.1) is 0 Å². The first-order valence-corrected chi connectivity index (χ1v) is 8.30. The molecule has 4 radical (unpaired) electrons. The van der Waals surface area contributed by atoms with Gasteiger partial charge in [-0.3, -0.25) is 0 Å². The zero-order chi connectivity index (χ0) is 15.1. The Morgan fingerprint density at radius 1 is 0.714 bits per heavy atom. The van der Waals surface area contributed by atoms with Gasteiger partial charge in [-0.1, -0.05) is 0 Å². The topological polar surface area (TPSA) is 46.1 Å². The maximum absolute atomic E-state index is 10.9. The Morgan fingerprint density at radius 3 is 1.19 bits per heavy atom. The molecule has 0 amide bonds. The summed E-state index contributed by atoms with van der Waals surface area (Å²) in [5.41, 5.74) is 3.76. The summed E-state index contributed by atoms with van der Waals surface area (Å²) in [5.74, 6) is 0. The van der Waals surface area contributed by atoms with E-state index < -0.39 is 0 Å². The average molecular weight is 621 g/mol. The van der Waals surface area contributed by atoms with Crippen LogP contribution in [0.3, 0.4) is 0 Å². The predicted molar refractivity (Wildman–Crippen MR) is 87.8 cm³/mol. The van der Waals surface area contributed by atoms with Crippen molar-refractivity contribution in [3.05, 3.63) is 70.8 Å². The van der Waals surface area contributed by atoms with E-state index in [4.69, 9.17) is 0 Å². The Balaban J connectivity index is 0.000000364. The molecule has 21 heavy (non-hydrogen) atoms. The molecule has 2 aromatic carbocycles. The van der Waals surface area contributed by atoms with Crippen molar-refractivity contribution in [2.24, 2.45) is 0 Å². The molecule has 0 saturated heterocycles. The van der Waals surface area contributed by atoms with Crippen LogP contribution in [0, 0.1) is 13.8 Å². The molecule has 0 unspecified atom stereocenters. The van der Waals surface area contributed by atoms with Crippen molar-refractivity contribution >= 4 is 74.8 Å². The van der Waals surface area contributed by atoms with E-state index in [9.17, 15) is 10.2 Å². The average Bonchev–Trinajstić information content (AvgIpc) is 2.40. The molecule has 2 rings (SSSR count). The van der Waals surface area contributed by atoms with Gasteiger partial charge in [0.2, 0.25) is 0 Å². The molecule has 0 saturated carbocycles. The summed E-state index contributed by atoms with van der Waals surface area (Å²) in [6, 6.07) is 15.2. The SMILES string of the molecule is Cc1ccccc1C([O-])=[Te].Cc1ccccc1C([O-])=[Te].[Te+2]. The fourth-order valence-corrected chi connectivity index (χ4v) is 2.91. The van der Waals surface area contributed by atoms with Gasteiger partial charge in [-0.2, -0.15) is 0 Å². The van der Waals surface area contributed by atoms with Gasteiger partial charge in [0.25, 0.3) is 0 Å². The zero-order valence-electron chi connectivity index (χ0n) is 11.7. The Bertz CT molecular complexity index is 569. The fraction of sp³-hybridized carbons (Fsp3) is 0.125. The van der Waals surface area contributed by atoms with E-state index in [1.165, 1.54) is 43.6 Å². The van der Waals surface area contributed by atoms with Gasteiger partial charge in [0, 0.05) is 0 Å². The molecule has 0 atom stereocenters. The van der Waals surface area contributed by atoms with Gasteiger partial charge in [-0.05, 0) is 0 Å². The molecule has 0 spiro atoms. The minimum absolute atomic E-state index is 0. The number of rotatable bonds is 2. The second-order valence-corrected chi connectivity index (χ2v) is 6.32. The molecule has 0 aliphatic heterocycles. The smallest absolute Gasteiger partial charge is 2.00 e. The first-order chi connectivity index (χ1) is 9.43. The fourth-order valence-electron chi connectivity index (χ4n) is 1.60. The summed E-state index contributed by atoms with van der Waals surface area (Å²) in [6.07, 6.45) is 0. The largest absolute Gasteiger partial charge is 2.00 e. The summed E-state index contributed by atoms with van der Waals surface area (Å²) in [4.78, 5) is 0. The number of hydrogen-bond acceptors (Lipinski definition) is 2. The molecule has 5 heteroatoms. The molecule has 0 aromatic heterocycles. The molecule has 0 aliphatic rings. The molecule has 0 heterocycles. The zero-order valence-corrected chi connectivity index (χ0v) is 18.7. The van der Waals surface area contributed by atoms with E-state index in [2.05, 4.69) is 0 Å². The van der Waals surface area contributed by atoms with Crippen molar-refractivity contribution in [1.29, 1.82) is 0 Å². The van der Waals surface area contributed by atoms with Crippen molar-refractivity contribution in [2.45, 2.75) is 13.8 Å². The van der Waals surface area contributed by atoms with Crippen LogP contribution in [-0.4, -0.2) is 74.8 Å². The van der Waals surface area contributed by atoms with Crippen LogP contribution in [0.5, 0.6) is 0 Å². The van der Waals surface area contributed by atoms with Crippen molar-refractivity contribution in [3.8, 4) is 0 Å². The molecule has 2 aromatic rings. The normalized spacial score (nSPS) is 8.86. The van der Waals surface area contributed by atoms with Gasteiger partial charge < -0.3 is 0 Å². The summed E-state index contributed by atoms with van der Waals surface area (Å²) >= 11 is 3.03. The maximum Gasteiger partial charge on any atom is 2.00 e. The Labute approximate surface area is 168 Å². The van der Waals surface area contributed by atoms with E-state index in [0.717, 1.165) is 22.3 Å². The van der Waals surface area contributed by atoms with Crippen LogP contribution in [0.15, 0.2) is 48.5 Å². The maximum atomic E-state index is 10.9. The first-order valence-electron chi connectivity index (χ1n) is 5.97. The van der Waals surface area contributed by atoms with Gasteiger partial charge >= 0.3 is 170 Å². The van der Waals surface area contributed by atoms with Gasteiger partial charge in [-0.15, -0.1) is 0 Å². The van der Waals surface area contributed by atoms with Crippen molar-refractivity contribution < 1.29 is 10.2 Å². The van der Waals surface area contributed by atoms with Crippen LogP contribution in [0.4, 0.5) is 0 Å². The number of aryl methyl sites for hydroxylation is 2. The predicted octanol–water partition coefficient (Wildman–Crippen LogP) is -0.377. The van der Waals surface area contributed by atoms with Crippen LogP contribution in [0.1, 0.15) is 22.3 Å². The third-order valence-electron chi connectivity index (χ3n) is 2.73. The monoisotopic (exact) mass is 628 g/mol. The summed E-state index contributed by atoms with van der Waals surface area (Å²) < 4.78 is 0.294. The van der Waals surface area contributed by atoms with Crippen LogP contribution in [-0.2, 0) is 0 Å². The Kier molecular flexibility index (Phi) is 10.9. The van der Waals surface area contributed by atoms with Crippen LogP contribution in [0.25, 0.3) is 0 Å². The second kappa shape index (κ2) is 10.8. The van der Waals surface area contributed by atoms with Crippen LogP contribution >= 0.6 is 0 Å². The molecular formula is C16H14O2Te3. The molecule has 0 fully saturated rings. The van der Waals surface area contributed by atoms with E-state index in [-0.39, 0.29) is 31.1 Å². The van der Waals surface area contributed by atoms with E-state index in [0.29, 0.717) is 0 Å². The minimum atomic E-state index is 0. The van der Waals surface area contributed by atoms with Crippen LogP contribution < -0.4 is 10.2 Å². The minimum Gasteiger partial charge on any atom is 2.00 e. The number of hydrogen-bond donors (Lipinski definition) is 0. The van der Waals surface area contributed by atoms with E-state index >= 15 is 0 Å². The van der Waals surface area contributed by atoms with E-state index in [1.807, 2.05) is 62.4 Å². The van der Waals surface area contributed by atoms with E-state index in [1.54, 1.807) is 0 Å². The second-order valence-electron chi connectivity index (χ2n) is 4.20. The first kappa shape index (κ1) is 21.1. The molecule has 2 nitrogen and oxygen atoms in total. The summed E-state index contributed by atoms with van der Waals surface area (Å²) in [7, 11) is 0. The third-order valence-corrected chi connectivity index (χ3v) is 3.99. The van der Waals surface area contributed by atoms with Crippen molar-refractivity contribution in [3.63, 3.8) is 0 Å². The Hall–Kier alpha value is 0.149. The molecule has 0 N–H and O–H groups in total. The quantitative estimate of drug-likeness (QED) is 0.430. The van der Waals surface area contributed by atoms with Gasteiger partial charge in [0.1, 0.15) is 0 Å². The summed E-state index contributed by atoms with van der Waals surface area (Å²) in [5, 5.41) is 21.7. The Morgan fingerprint density at radius 2 is 1.00 bits per heavy atom. The standard InChI is InChI=1S/2C8H8OTe.Te/c2*1-6-4-2-3-5-7(6)8(9)10;/h2*2-5H,1H3,(H,9,10);/q;;+2/p-2. The molecule has 0 aliphatic carbocycles. The van der Waals surface area contributed by atoms with Gasteiger partial charge in [-0.25, -0.2) is 0 Å². The molecular weight excluding hydrogens is 607 g/mol. The third kappa shape index (κ3) is 7.30. The molecule has 108 valence electrons. The summed E-state index contributed by atoms with van der Waals surface area (Å²) in [6.45, 7) is 3.89. The van der Waals surface area contributed by atoms with Crippen LogP contribution in [0.2, 0.25) is 0 Å². The van der Waals surface area contributed by atoms with Gasteiger partial charge in [0.15, 0.2) is 0 Å². The van der Waals surface area contributed by atoms with Crippen molar-refractivity contribution in [1.82, 2.24) is 0 Å². The van der Waals surface area contributed by atoms with Crippen molar-refractivity contribution in [2.75, 3.05) is 0 Å². The molecule has 0 bridgehead atoms. The number of benzene rings is 2.